The van der Waals surface area contributed by atoms with Crippen molar-refractivity contribution in [2.75, 3.05) is 0 Å². The average Bonchev–Trinajstić information content (AvgIpc) is 2.46. The highest BCUT2D eigenvalue weighted by Gasteiger charge is 2.18. The van der Waals surface area contributed by atoms with Crippen LogP contribution in [-0.4, -0.2) is 9.85 Å². The Bertz CT molecular complexity index is 705. The van der Waals surface area contributed by atoms with Gasteiger partial charge in [0, 0.05) is 12.1 Å². The third kappa shape index (κ3) is 3.30. The van der Waals surface area contributed by atoms with Crippen molar-refractivity contribution >= 4 is 11.4 Å². The zero-order chi connectivity index (χ0) is 15.4. The van der Waals surface area contributed by atoms with Crippen molar-refractivity contribution in [1.82, 2.24) is 0 Å². The Morgan fingerprint density at radius 2 is 1.76 bits per heavy atom. The largest absolute Gasteiger partial charge is 0.488 e. The zero-order valence-electron chi connectivity index (χ0n) is 10.6. The molecule has 8 heteroatoms. The maximum absolute atomic E-state index is 13.6. The number of nitro benzene ring substituents is 2. The minimum absolute atomic E-state index is 0.127. The molecule has 7 nitrogen and oxygen atoms in total. The Morgan fingerprint density at radius 3 is 2.43 bits per heavy atom. The number of rotatable bonds is 5. The number of non-ortho nitro benzene ring substituents is 1. The summed E-state index contributed by atoms with van der Waals surface area (Å²) in [6, 6.07) is 8.76. The number of hydrogen-bond acceptors (Lipinski definition) is 5. The monoisotopic (exact) mass is 292 g/mol. The predicted octanol–water partition coefficient (Wildman–Crippen LogP) is 3.22. The molecule has 2 rings (SSSR count). The molecule has 0 aromatic heterocycles. The van der Waals surface area contributed by atoms with E-state index < -0.39 is 28.0 Å². The van der Waals surface area contributed by atoms with E-state index in [1.165, 1.54) is 24.3 Å². The highest BCUT2D eigenvalue weighted by Crippen LogP contribution is 2.25. The fraction of sp³-hybridized carbons (Fsp3) is 0.0769. The molecule has 0 saturated heterocycles. The van der Waals surface area contributed by atoms with Crippen molar-refractivity contribution in [2.45, 2.75) is 6.61 Å². The molecule has 0 amide bonds. The minimum Gasteiger partial charge on any atom is -0.488 e. The van der Waals surface area contributed by atoms with Crippen LogP contribution in [-0.2, 0) is 6.61 Å². The van der Waals surface area contributed by atoms with E-state index in [9.17, 15) is 24.6 Å². The molecule has 0 aliphatic carbocycles. The second kappa shape index (κ2) is 5.95. The Kier molecular flexibility index (Phi) is 4.07. The molecular formula is C13H9FN2O5. The third-order valence-corrected chi connectivity index (χ3v) is 2.70. The van der Waals surface area contributed by atoms with Crippen LogP contribution in [0, 0.1) is 26.0 Å². The second-order valence-corrected chi connectivity index (χ2v) is 4.04. The molecule has 0 atom stereocenters. The van der Waals surface area contributed by atoms with E-state index >= 15 is 0 Å². The van der Waals surface area contributed by atoms with Gasteiger partial charge >= 0.3 is 0 Å². The normalized spacial score (nSPS) is 10.1. The predicted molar refractivity (Wildman–Crippen MR) is 70.5 cm³/mol. The number of ether oxygens (including phenoxy) is 1. The summed E-state index contributed by atoms with van der Waals surface area (Å²) >= 11 is 0. The average molecular weight is 292 g/mol. The maximum Gasteiger partial charge on any atom is 0.278 e. The lowest BCUT2D eigenvalue weighted by molar-refractivity contribution is -0.386. The molecule has 0 saturated carbocycles. The second-order valence-electron chi connectivity index (χ2n) is 4.04. The van der Waals surface area contributed by atoms with Crippen LogP contribution in [0.25, 0.3) is 0 Å². The van der Waals surface area contributed by atoms with E-state index in [-0.39, 0.29) is 17.0 Å². The minimum atomic E-state index is -0.769. The summed E-state index contributed by atoms with van der Waals surface area (Å²) in [7, 11) is 0. The van der Waals surface area contributed by atoms with Crippen molar-refractivity contribution in [3.05, 3.63) is 74.1 Å². The smallest absolute Gasteiger partial charge is 0.278 e. The molecule has 21 heavy (non-hydrogen) atoms. The van der Waals surface area contributed by atoms with Crippen LogP contribution in [0.1, 0.15) is 5.56 Å². The topological polar surface area (TPSA) is 95.5 Å². The third-order valence-electron chi connectivity index (χ3n) is 2.70. The Morgan fingerprint density at radius 1 is 1.05 bits per heavy atom. The van der Waals surface area contributed by atoms with Crippen LogP contribution < -0.4 is 4.74 Å². The lowest BCUT2D eigenvalue weighted by Crippen LogP contribution is -2.03. The quantitative estimate of drug-likeness (QED) is 0.622. The van der Waals surface area contributed by atoms with E-state index in [1.54, 1.807) is 0 Å². The number of benzene rings is 2. The summed E-state index contributed by atoms with van der Waals surface area (Å²) < 4.78 is 18.8. The standard InChI is InChI=1S/C13H9FN2O5/c14-12-5-2-6-13(16(19)20)11(12)8-21-10-4-1-3-9(7-10)15(17)18/h1-7H,8H2. The molecule has 0 N–H and O–H groups in total. The van der Waals surface area contributed by atoms with E-state index in [0.29, 0.717) is 0 Å². The summed E-state index contributed by atoms with van der Waals surface area (Å²) in [5.41, 5.74) is -0.801. The molecule has 0 spiro atoms. The van der Waals surface area contributed by atoms with Gasteiger partial charge in [-0.1, -0.05) is 12.1 Å². The van der Waals surface area contributed by atoms with Crippen LogP contribution in [0.3, 0.4) is 0 Å². The summed E-state index contributed by atoms with van der Waals surface area (Å²) in [5, 5.41) is 21.4. The Labute approximate surface area is 117 Å². The van der Waals surface area contributed by atoms with E-state index in [0.717, 1.165) is 18.2 Å². The van der Waals surface area contributed by atoms with E-state index in [1.807, 2.05) is 0 Å². The van der Waals surface area contributed by atoms with Gasteiger partial charge in [-0.05, 0) is 12.1 Å². The van der Waals surface area contributed by atoms with Crippen LogP contribution in [0.5, 0.6) is 5.75 Å². The van der Waals surface area contributed by atoms with Gasteiger partial charge in [0.25, 0.3) is 11.4 Å². The van der Waals surface area contributed by atoms with Gasteiger partial charge < -0.3 is 4.74 Å². The first kappa shape index (κ1) is 14.4. The molecule has 0 aliphatic heterocycles. The highest BCUT2D eigenvalue weighted by molar-refractivity contribution is 5.42. The molecule has 0 aliphatic rings. The molecule has 0 heterocycles. The van der Waals surface area contributed by atoms with E-state index in [2.05, 4.69) is 0 Å². The maximum atomic E-state index is 13.6. The fourth-order valence-corrected chi connectivity index (χ4v) is 1.70. The van der Waals surface area contributed by atoms with Gasteiger partial charge in [0.1, 0.15) is 23.7 Å². The number of halogens is 1. The van der Waals surface area contributed by atoms with Gasteiger partial charge in [0.05, 0.1) is 15.9 Å². The molecular weight excluding hydrogens is 283 g/mol. The molecule has 0 bridgehead atoms. The summed E-state index contributed by atoms with van der Waals surface area (Å²) in [6.07, 6.45) is 0. The lowest BCUT2D eigenvalue weighted by atomic mass is 10.2. The molecule has 0 fully saturated rings. The molecule has 0 unspecified atom stereocenters. The Balaban J connectivity index is 2.22. The molecule has 2 aromatic rings. The first-order valence-corrected chi connectivity index (χ1v) is 5.78. The van der Waals surface area contributed by atoms with Gasteiger partial charge in [0.15, 0.2) is 0 Å². The van der Waals surface area contributed by atoms with Crippen molar-refractivity contribution in [3.8, 4) is 5.75 Å². The van der Waals surface area contributed by atoms with Crippen LogP contribution >= 0.6 is 0 Å². The number of nitrogens with zero attached hydrogens (tertiary/aromatic N) is 2. The Hall–Kier alpha value is -3.03. The van der Waals surface area contributed by atoms with E-state index in [4.69, 9.17) is 4.74 Å². The van der Waals surface area contributed by atoms with Gasteiger partial charge in [-0.15, -0.1) is 0 Å². The number of nitro groups is 2. The fourth-order valence-electron chi connectivity index (χ4n) is 1.70. The summed E-state index contributed by atoms with van der Waals surface area (Å²) in [5.74, 6) is -0.642. The van der Waals surface area contributed by atoms with Crippen LogP contribution in [0.2, 0.25) is 0 Å². The molecule has 0 radical (unpaired) electrons. The van der Waals surface area contributed by atoms with Gasteiger partial charge in [-0.2, -0.15) is 0 Å². The number of hydrogen-bond donors (Lipinski definition) is 0. The van der Waals surface area contributed by atoms with Gasteiger partial charge in [0.2, 0.25) is 0 Å². The highest BCUT2D eigenvalue weighted by atomic mass is 19.1. The lowest BCUT2D eigenvalue weighted by Gasteiger charge is -2.07. The van der Waals surface area contributed by atoms with Crippen LogP contribution in [0.4, 0.5) is 15.8 Å². The SMILES string of the molecule is O=[N+]([O-])c1cccc(OCc2c(F)cccc2[N+](=O)[O-])c1. The van der Waals surface area contributed by atoms with Crippen molar-refractivity contribution < 1.29 is 19.0 Å². The molecule has 2 aromatic carbocycles. The van der Waals surface area contributed by atoms with Crippen LogP contribution in [0.15, 0.2) is 42.5 Å². The zero-order valence-corrected chi connectivity index (χ0v) is 10.6. The van der Waals surface area contributed by atoms with Gasteiger partial charge in [-0.3, -0.25) is 20.2 Å². The van der Waals surface area contributed by atoms with Crippen molar-refractivity contribution in [3.63, 3.8) is 0 Å². The summed E-state index contributed by atoms with van der Waals surface area (Å²) in [6.45, 7) is -0.399. The molecule has 108 valence electrons. The van der Waals surface area contributed by atoms with Crippen molar-refractivity contribution in [2.24, 2.45) is 0 Å². The van der Waals surface area contributed by atoms with Gasteiger partial charge in [-0.25, -0.2) is 4.39 Å². The first-order valence-electron chi connectivity index (χ1n) is 5.78. The summed E-state index contributed by atoms with van der Waals surface area (Å²) in [4.78, 5) is 20.1. The van der Waals surface area contributed by atoms with Crippen molar-refractivity contribution in [1.29, 1.82) is 0 Å². The first-order chi connectivity index (χ1) is 9.99.